The Hall–Kier alpha value is -3.14. The molecule has 1 fully saturated rings. The summed E-state index contributed by atoms with van der Waals surface area (Å²) in [4.78, 5) is 19.2. The fourth-order valence-electron chi connectivity index (χ4n) is 3.51. The van der Waals surface area contributed by atoms with Gasteiger partial charge in [0.1, 0.15) is 0 Å². The smallest absolute Gasteiger partial charge is 0.295 e. The van der Waals surface area contributed by atoms with Crippen LogP contribution in [0.5, 0.6) is 0 Å². The fraction of sp³-hybridized carbons (Fsp3) is 0.333. The van der Waals surface area contributed by atoms with Gasteiger partial charge in [0.25, 0.3) is 5.09 Å². The number of rotatable bonds is 6. The molecule has 0 N–H and O–H groups in total. The molecule has 0 aromatic heterocycles. The number of piperidine rings is 1. The first-order chi connectivity index (χ1) is 13.8. The van der Waals surface area contributed by atoms with Crippen molar-refractivity contribution in [3.63, 3.8) is 0 Å². The molecular formula is C18H19N5O5S. The molecule has 1 heterocycles. The molecule has 0 radical (unpaired) electrons. The SMILES string of the molecule is Cc1ccc(S(=O)(=O)N2CC[C@@](O[N+](=O)[O-])(c3ccccc3)[C@@H](N=[N+]=[N-])C2)cc1. The molecule has 10 nitrogen and oxygen atoms in total. The van der Waals surface area contributed by atoms with E-state index in [2.05, 4.69) is 10.0 Å². The van der Waals surface area contributed by atoms with Gasteiger partial charge < -0.3 is 4.84 Å². The van der Waals surface area contributed by atoms with E-state index in [-0.39, 0.29) is 24.4 Å². The predicted molar refractivity (Wildman–Crippen MR) is 104 cm³/mol. The summed E-state index contributed by atoms with van der Waals surface area (Å²) in [6.45, 7) is 1.57. The maximum absolute atomic E-state index is 13.0. The van der Waals surface area contributed by atoms with Gasteiger partial charge in [0, 0.05) is 18.0 Å². The molecule has 2 atom stereocenters. The van der Waals surface area contributed by atoms with Gasteiger partial charge in [0.15, 0.2) is 5.60 Å². The Morgan fingerprint density at radius 2 is 1.90 bits per heavy atom. The van der Waals surface area contributed by atoms with Crippen LogP contribution in [0.15, 0.2) is 64.6 Å². The van der Waals surface area contributed by atoms with E-state index in [9.17, 15) is 18.5 Å². The Balaban J connectivity index is 2.01. The molecule has 1 aliphatic heterocycles. The van der Waals surface area contributed by atoms with Crippen LogP contribution in [0.25, 0.3) is 10.4 Å². The lowest BCUT2D eigenvalue weighted by atomic mass is 9.81. The Morgan fingerprint density at radius 1 is 1.24 bits per heavy atom. The molecule has 0 saturated carbocycles. The summed E-state index contributed by atoms with van der Waals surface area (Å²) in [7, 11) is -3.87. The monoisotopic (exact) mass is 417 g/mol. The van der Waals surface area contributed by atoms with Crippen LogP contribution in [0.3, 0.4) is 0 Å². The van der Waals surface area contributed by atoms with Gasteiger partial charge in [-0.15, -0.1) is 10.1 Å². The number of azide groups is 1. The molecule has 0 unspecified atom stereocenters. The van der Waals surface area contributed by atoms with Crippen molar-refractivity contribution in [3.8, 4) is 0 Å². The van der Waals surface area contributed by atoms with E-state index < -0.39 is 26.8 Å². The molecule has 0 spiro atoms. The highest BCUT2D eigenvalue weighted by Crippen LogP contribution is 2.40. The standard InChI is InChI=1S/C18H19N5O5S/c1-14-7-9-16(10-8-14)29(26,27)22-12-11-18(28-23(24)25,17(13-22)20-21-19)15-5-3-2-4-6-15/h2-10,17H,11-13H2,1H3/t17-,18+/m0/s1. The van der Waals surface area contributed by atoms with Gasteiger partial charge in [-0.05, 0) is 36.6 Å². The number of sulfonamides is 1. The summed E-state index contributed by atoms with van der Waals surface area (Å²) in [5.74, 6) is 0. The lowest BCUT2D eigenvalue weighted by molar-refractivity contribution is -0.786. The van der Waals surface area contributed by atoms with Gasteiger partial charge in [-0.3, -0.25) is 0 Å². The van der Waals surface area contributed by atoms with Crippen molar-refractivity contribution in [1.82, 2.24) is 4.31 Å². The van der Waals surface area contributed by atoms with Crippen molar-refractivity contribution in [2.75, 3.05) is 13.1 Å². The van der Waals surface area contributed by atoms with E-state index in [0.717, 1.165) is 5.56 Å². The van der Waals surface area contributed by atoms with Gasteiger partial charge in [-0.1, -0.05) is 53.1 Å². The Bertz CT molecular complexity index is 1040. The summed E-state index contributed by atoms with van der Waals surface area (Å²) in [5.41, 5.74) is 8.82. The minimum atomic E-state index is -3.87. The number of aryl methyl sites for hydroxylation is 1. The van der Waals surface area contributed by atoms with Crippen LogP contribution in [0.1, 0.15) is 17.5 Å². The maximum Gasteiger partial charge on any atom is 0.295 e. The first-order valence-corrected chi connectivity index (χ1v) is 10.2. The summed E-state index contributed by atoms with van der Waals surface area (Å²) in [6, 6.07) is 13.6. The zero-order chi connectivity index (χ0) is 21.1. The van der Waals surface area contributed by atoms with Gasteiger partial charge >= 0.3 is 0 Å². The Labute approximate surface area is 167 Å². The normalized spacial score (nSPS) is 22.4. The minimum absolute atomic E-state index is 0.0314. The zero-order valence-corrected chi connectivity index (χ0v) is 16.4. The van der Waals surface area contributed by atoms with Crippen LogP contribution in [0.4, 0.5) is 0 Å². The van der Waals surface area contributed by atoms with Crippen molar-refractivity contribution in [3.05, 3.63) is 86.3 Å². The van der Waals surface area contributed by atoms with Crippen molar-refractivity contribution < 1.29 is 18.3 Å². The topological polar surface area (TPSA) is 139 Å². The molecule has 152 valence electrons. The molecule has 0 aliphatic carbocycles. The molecule has 0 bridgehead atoms. The van der Waals surface area contributed by atoms with Crippen molar-refractivity contribution >= 4 is 10.0 Å². The lowest BCUT2D eigenvalue weighted by Gasteiger charge is -2.43. The number of hydrogen-bond donors (Lipinski definition) is 0. The first kappa shape index (κ1) is 20.6. The molecule has 3 rings (SSSR count). The third kappa shape index (κ3) is 4.02. The summed E-state index contributed by atoms with van der Waals surface area (Å²) >= 11 is 0. The van der Waals surface area contributed by atoms with E-state index in [1.807, 2.05) is 6.92 Å². The number of hydrogen-bond acceptors (Lipinski definition) is 6. The molecule has 11 heteroatoms. The molecule has 1 aliphatic rings. The van der Waals surface area contributed by atoms with Gasteiger partial charge in [0.2, 0.25) is 10.0 Å². The highest BCUT2D eigenvalue weighted by Gasteiger charge is 2.50. The van der Waals surface area contributed by atoms with E-state index in [4.69, 9.17) is 10.4 Å². The fourth-order valence-corrected chi connectivity index (χ4v) is 4.96. The molecule has 29 heavy (non-hydrogen) atoms. The Kier molecular flexibility index (Phi) is 5.73. The van der Waals surface area contributed by atoms with E-state index >= 15 is 0 Å². The second-order valence-electron chi connectivity index (χ2n) is 6.72. The van der Waals surface area contributed by atoms with Crippen molar-refractivity contribution in [2.24, 2.45) is 5.11 Å². The van der Waals surface area contributed by atoms with Crippen LogP contribution < -0.4 is 0 Å². The quantitative estimate of drug-likeness (QED) is 0.233. The van der Waals surface area contributed by atoms with E-state index in [0.29, 0.717) is 5.56 Å². The average molecular weight is 417 g/mol. The van der Waals surface area contributed by atoms with Gasteiger partial charge in [0.05, 0.1) is 10.9 Å². The molecule has 1 saturated heterocycles. The number of benzene rings is 2. The Morgan fingerprint density at radius 3 is 2.48 bits per heavy atom. The van der Waals surface area contributed by atoms with Crippen LogP contribution in [-0.2, 0) is 20.5 Å². The van der Waals surface area contributed by atoms with Crippen molar-refractivity contribution in [2.45, 2.75) is 29.9 Å². The summed E-state index contributed by atoms with van der Waals surface area (Å²) < 4.78 is 27.2. The van der Waals surface area contributed by atoms with Crippen molar-refractivity contribution in [1.29, 1.82) is 0 Å². The minimum Gasteiger partial charge on any atom is -0.302 e. The maximum atomic E-state index is 13.0. The lowest BCUT2D eigenvalue weighted by Crippen LogP contribution is -2.55. The van der Waals surface area contributed by atoms with Crippen LogP contribution in [0.2, 0.25) is 0 Å². The third-order valence-corrected chi connectivity index (χ3v) is 6.88. The van der Waals surface area contributed by atoms with Gasteiger partial charge in [-0.2, -0.15) is 4.31 Å². The second-order valence-corrected chi connectivity index (χ2v) is 8.66. The van der Waals surface area contributed by atoms with E-state index in [1.54, 1.807) is 42.5 Å². The zero-order valence-electron chi connectivity index (χ0n) is 15.6. The molecule has 0 amide bonds. The van der Waals surface area contributed by atoms with Crippen LogP contribution in [0, 0.1) is 17.0 Å². The molecule has 2 aromatic rings. The molecule has 2 aromatic carbocycles. The van der Waals surface area contributed by atoms with Gasteiger partial charge in [-0.25, -0.2) is 8.42 Å². The molecular weight excluding hydrogens is 398 g/mol. The largest absolute Gasteiger partial charge is 0.302 e. The number of nitrogens with zero attached hydrogens (tertiary/aromatic N) is 5. The highest BCUT2D eigenvalue weighted by molar-refractivity contribution is 7.89. The average Bonchev–Trinajstić information content (AvgIpc) is 2.70. The second kappa shape index (κ2) is 8.08. The summed E-state index contributed by atoms with van der Waals surface area (Å²) in [5, 5.41) is 14.0. The first-order valence-electron chi connectivity index (χ1n) is 8.80. The third-order valence-electron chi connectivity index (χ3n) is 5.00. The van der Waals surface area contributed by atoms with Crippen LogP contribution >= 0.6 is 0 Å². The highest BCUT2D eigenvalue weighted by atomic mass is 32.2. The predicted octanol–water partition coefficient (Wildman–Crippen LogP) is 3.17. The summed E-state index contributed by atoms with van der Waals surface area (Å²) in [6.07, 6.45) is -0.0488. The van der Waals surface area contributed by atoms with E-state index in [1.165, 1.54) is 16.4 Å². The van der Waals surface area contributed by atoms with Crippen LogP contribution in [-0.4, -0.2) is 36.9 Å².